The SMILES string of the molecule is CC(=O)N1CC[C@H]2CC[C@@H](C(=O)N(C)c3ccc4nnccc4c3)N2C(=O)C(NC(=O)c2ccc3ccc(C(F)(F)P(=O)(O)O)nc3c2)C1. The van der Waals surface area contributed by atoms with Crippen molar-refractivity contribution in [3.63, 3.8) is 0 Å². The second kappa shape index (κ2) is 12.8. The van der Waals surface area contributed by atoms with Crippen LogP contribution in [-0.2, 0) is 24.6 Å². The molecule has 0 saturated carbocycles. The van der Waals surface area contributed by atoms with Crippen LogP contribution in [0.2, 0.25) is 0 Å². The summed E-state index contributed by atoms with van der Waals surface area (Å²) >= 11 is 0. The van der Waals surface area contributed by atoms with E-state index in [1.807, 2.05) is 0 Å². The maximum absolute atomic E-state index is 14.4. The number of fused-ring (bicyclic) bond motifs is 3. The van der Waals surface area contributed by atoms with Crippen LogP contribution in [0.5, 0.6) is 0 Å². The Morgan fingerprint density at radius 1 is 1.00 bits per heavy atom. The Kier molecular flexibility index (Phi) is 8.90. The van der Waals surface area contributed by atoms with Crippen LogP contribution in [-0.4, -0.2) is 96.7 Å². The summed E-state index contributed by atoms with van der Waals surface area (Å²) in [6.07, 6.45) is 2.86. The van der Waals surface area contributed by atoms with Crippen molar-refractivity contribution in [2.45, 2.75) is 50.0 Å². The number of nitrogens with one attached hydrogen (secondary N) is 1. The molecular weight excluding hydrogens is 663 g/mol. The molecule has 2 fully saturated rings. The molecule has 2 aliphatic heterocycles. The van der Waals surface area contributed by atoms with Gasteiger partial charge in [-0.25, -0.2) is 4.98 Å². The second-order valence-corrected chi connectivity index (χ2v) is 13.8. The topological polar surface area (TPSA) is 186 Å². The molecule has 0 spiro atoms. The fraction of sp³-hybridized carbons (Fsp3) is 0.344. The number of hydrogen-bond acceptors (Lipinski definition) is 8. The molecule has 0 aliphatic carbocycles. The molecule has 2 aromatic heterocycles. The number of nitrogens with zero attached hydrogens (tertiary/aromatic N) is 6. The van der Waals surface area contributed by atoms with Crippen LogP contribution >= 0.6 is 7.60 Å². The molecule has 49 heavy (non-hydrogen) atoms. The predicted molar refractivity (Wildman–Crippen MR) is 172 cm³/mol. The Balaban J connectivity index is 1.27. The Bertz CT molecular complexity index is 2040. The molecule has 2 aromatic carbocycles. The molecule has 0 radical (unpaired) electrons. The second-order valence-electron chi connectivity index (χ2n) is 12.1. The fourth-order valence-corrected chi connectivity index (χ4v) is 6.79. The normalized spacial score (nSPS) is 20.1. The Morgan fingerprint density at radius 3 is 2.49 bits per heavy atom. The zero-order valence-electron chi connectivity index (χ0n) is 26.4. The summed E-state index contributed by atoms with van der Waals surface area (Å²) in [6.45, 7) is 1.47. The lowest BCUT2D eigenvalue weighted by Gasteiger charge is -2.39. The van der Waals surface area contributed by atoms with Gasteiger partial charge >= 0.3 is 13.3 Å². The molecule has 2 aliphatic rings. The summed E-state index contributed by atoms with van der Waals surface area (Å²) in [4.78, 5) is 80.6. The van der Waals surface area contributed by atoms with E-state index >= 15 is 0 Å². The minimum absolute atomic E-state index is 0.0767. The number of amides is 4. The number of anilines is 1. The van der Waals surface area contributed by atoms with E-state index in [2.05, 4.69) is 20.5 Å². The number of pyridine rings is 1. The van der Waals surface area contributed by atoms with E-state index in [9.17, 15) is 32.5 Å². The van der Waals surface area contributed by atoms with Gasteiger partial charge in [-0.15, -0.1) is 0 Å². The van der Waals surface area contributed by atoms with Crippen LogP contribution < -0.4 is 10.2 Å². The predicted octanol–water partition coefficient (Wildman–Crippen LogP) is 2.78. The summed E-state index contributed by atoms with van der Waals surface area (Å²) in [7, 11) is -4.27. The van der Waals surface area contributed by atoms with Crippen molar-refractivity contribution in [1.82, 2.24) is 30.3 Å². The smallest absolute Gasteiger partial charge is 0.340 e. The molecular formula is C32H32F2N7O7P. The first-order valence-electron chi connectivity index (χ1n) is 15.4. The van der Waals surface area contributed by atoms with Crippen LogP contribution in [0.15, 0.2) is 60.8 Å². The Morgan fingerprint density at radius 2 is 1.76 bits per heavy atom. The van der Waals surface area contributed by atoms with Crippen LogP contribution in [0, 0.1) is 0 Å². The van der Waals surface area contributed by atoms with E-state index in [0.29, 0.717) is 35.9 Å². The van der Waals surface area contributed by atoms with Crippen LogP contribution in [0.4, 0.5) is 14.5 Å². The molecule has 0 bridgehead atoms. The number of halogens is 2. The van der Waals surface area contributed by atoms with Gasteiger partial charge in [0.05, 0.1) is 17.2 Å². The lowest BCUT2D eigenvalue weighted by molar-refractivity contribution is -0.144. The number of carbonyl (C=O) groups excluding carboxylic acids is 4. The number of aromatic nitrogens is 3. The summed E-state index contributed by atoms with van der Waals surface area (Å²) in [5.74, 6) is -1.96. The molecule has 4 heterocycles. The number of alkyl halides is 2. The van der Waals surface area contributed by atoms with Crippen molar-refractivity contribution < 1.29 is 42.3 Å². The highest BCUT2D eigenvalue weighted by Crippen LogP contribution is 2.58. The van der Waals surface area contributed by atoms with Crippen LogP contribution in [0.1, 0.15) is 42.2 Å². The van der Waals surface area contributed by atoms with Gasteiger partial charge < -0.3 is 29.8 Å². The molecule has 17 heteroatoms. The first kappa shape index (κ1) is 34.0. The lowest BCUT2D eigenvalue weighted by Crippen LogP contribution is -2.61. The molecule has 4 aromatic rings. The van der Waals surface area contributed by atoms with E-state index in [0.717, 1.165) is 17.5 Å². The third-order valence-electron chi connectivity index (χ3n) is 9.07. The van der Waals surface area contributed by atoms with E-state index in [1.54, 1.807) is 37.5 Å². The van der Waals surface area contributed by atoms with Crippen molar-refractivity contribution in [2.24, 2.45) is 0 Å². The summed E-state index contributed by atoms with van der Waals surface area (Å²) in [6, 6.07) is 10.5. The average Bonchev–Trinajstić information content (AvgIpc) is 3.49. The molecule has 3 N–H and O–H groups in total. The van der Waals surface area contributed by atoms with Gasteiger partial charge in [-0.1, -0.05) is 12.1 Å². The standard InChI is InChI=1S/C32H32F2N7O7P/c1-18(42)40-14-12-22-7-9-27(31(45)39(2)23-6-8-24-20(15-23)11-13-35-38-24)41(22)30(44)26(17-40)37-29(43)21-4-3-19-5-10-28(36-25(19)16-21)32(33,34)49(46,47)48/h3-6,8,10-11,13,15-16,22,26-27H,7,9,12,14,17H2,1-2H3,(H,37,43)(H2,46,47,48)/t22-,26?,27+/m1/s1. The third-order valence-corrected chi connectivity index (χ3v) is 10.0. The van der Waals surface area contributed by atoms with Crippen molar-refractivity contribution in [3.8, 4) is 0 Å². The Hall–Kier alpha value is -4.92. The van der Waals surface area contributed by atoms with E-state index in [1.165, 1.54) is 39.8 Å². The molecule has 1 unspecified atom stereocenters. The fourth-order valence-electron chi connectivity index (χ4n) is 6.36. The van der Waals surface area contributed by atoms with Crippen molar-refractivity contribution >= 4 is 58.7 Å². The van der Waals surface area contributed by atoms with E-state index in [4.69, 9.17) is 9.79 Å². The van der Waals surface area contributed by atoms with Crippen molar-refractivity contribution in [1.29, 1.82) is 0 Å². The maximum Gasteiger partial charge on any atom is 0.401 e. The molecule has 256 valence electrons. The number of carbonyl (C=O) groups is 4. The quantitative estimate of drug-likeness (QED) is 0.253. The zero-order valence-corrected chi connectivity index (χ0v) is 27.3. The number of rotatable bonds is 6. The van der Waals surface area contributed by atoms with Gasteiger partial charge in [-0.3, -0.25) is 23.7 Å². The highest BCUT2D eigenvalue weighted by molar-refractivity contribution is 7.52. The third kappa shape index (κ3) is 6.46. The van der Waals surface area contributed by atoms with Gasteiger partial charge in [0, 0.05) is 55.1 Å². The number of benzene rings is 2. The minimum atomic E-state index is -5.89. The largest absolute Gasteiger partial charge is 0.401 e. The average molecular weight is 696 g/mol. The lowest BCUT2D eigenvalue weighted by atomic mass is 10.1. The highest BCUT2D eigenvalue weighted by Gasteiger charge is 2.52. The van der Waals surface area contributed by atoms with Crippen LogP contribution in [0.3, 0.4) is 0 Å². The van der Waals surface area contributed by atoms with Crippen molar-refractivity contribution in [2.75, 3.05) is 25.0 Å². The summed E-state index contributed by atoms with van der Waals surface area (Å²) < 4.78 is 40.1. The minimum Gasteiger partial charge on any atom is -0.340 e. The number of hydrogen-bond donors (Lipinski definition) is 3. The van der Waals surface area contributed by atoms with Gasteiger partial charge in [0.25, 0.3) is 5.91 Å². The van der Waals surface area contributed by atoms with Gasteiger partial charge in [0.1, 0.15) is 17.8 Å². The Labute approximate surface area is 278 Å². The van der Waals surface area contributed by atoms with E-state index in [-0.39, 0.29) is 42.0 Å². The van der Waals surface area contributed by atoms with Gasteiger partial charge in [0.2, 0.25) is 17.7 Å². The monoisotopic (exact) mass is 695 g/mol. The molecule has 14 nitrogen and oxygen atoms in total. The molecule has 6 rings (SSSR count). The van der Waals surface area contributed by atoms with Gasteiger partial charge in [-0.2, -0.15) is 19.0 Å². The van der Waals surface area contributed by atoms with E-state index < -0.39 is 42.9 Å². The molecule has 4 amide bonds. The van der Waals surface area contributed by atoms with Crippen molar-refractivity contribution in [3.05, 3.63) is 72.1 Å². The summed E-state index contributed by atoms with van der Waals surface area (Å²) in [5, 5.41) is 11.7. The molecule has 2 saturated heterocycles. The maximum atomic E-state index is 14.4. The number of likely N-dealkylation sites (N-methyl/N-ethyl adjacent to an activating group) is 1. The zero-order chi connectivity index (χ0) is 35.2. The van der Waals surface area contributed by atoms with Gasteiger partial charge in [0.15, 0.2) is 0 Å². The first-order chi connectivity index (χ1) is 23.2. The first-order valence-corrected chi connectivity index (χ1v) is 17.0. The molecule has 3 atom stereocenters. The van der Waals surface area contributed by atoms with Gasteiger partial charge in [-0.05, 0) is 61.7 Å². The summed E-state index contributed by atoms with van der Waals surface area (Å²) in [5.41, 5.74) is -4.70. The van der Waals surface area contributed by atoms with Crippen LogP contribution in [0.25, 0.3) is 21.8 Å². The highest BCUT2D eigenvalue weighted by atomic mass is 31.2.